The first-order valence-electron chi connectivity index (χ1n) is 5.21. The monoisotopic (exact) mass is 311 g/mol. The summed E-state index contributed by atoms with van der Waals surface area (Å²) in [6, 6.07) is 2.04. The lowest BCUT2D eigenvalue weighted by Gasteiger charge is -2.15. The Hall–Kier alpha value is -1.45. The molecule has 1 aromatic rings. The van der Waals surface area contributed by atoms with E-state index in [9.17, 15) is 26.7 Å². The van der Waals surface area contributed by atoms with Crippen LogP contribution in [0.15, 0.2) is 12.1 Å². The fourth-order valence-corrected chi connectivity index (χ4v) is 1.86. The van der Waals surface area contributed by atoms with Gasteiger partial charge in [0.05, 0.1) is 22.5 Å². The van der Waals surface area contributed by atoms with Crippen molar-refractivity contribution < 1.29 is 35.6 Å². The van der Waals surface area contributed by atoms with Crippen molar-refractivity contribution in [1.82, 2.24) is 0 Å². The predicted molar refractivity (Wildman–Crippen MR) is 61.2 cm³/mol. The first-order valence-corrected chi connectivity index (χ1v) is 6.21. The molecule has 0 aliphatic rings. The van der Waals surface area contributed by atoms with Gasteiger partial charge < -0.3 is 9.29 Å². The van der Waals surface area contributed by atoms with E-state index in [1.165, 1.54) is 13.8 Å². The molecule has 0 N–H and O–H groups in total. The molecule has 1 rings (SSSR count). The first-order chi connectivity index (χ1) is 9.12. The number of hydrogen-bond donors (Lipinski definition) is 0. The molecule has 0 aliphatic heterocycles. The molecule has 0 aromatic heterocycles. The molecule has 0 spiro atoms. The molecule has 9 heteroatoms. The topological polar surface area (TPSA) is 75.7 Å². The van der Waals surface area contributed by atoms with E-state index in [0.29, 0.717) is 0 Å². The summed E-state index contributed by atoms with van der Waals surface area (Å²) >= 11 is -2.84. The molecule has 0 saturated carbocycles. The van der Waals surface area contributed by atoms with Gasteiger partial charge in [0.2, 0.25) is 6.79 Å². The largest absolute Gasteiger partial charge is 0.750 e. The van der Waals surface area contributed by atoms with E-state index in [1.807, 2.05) is 0 Å². The zero-order valence-corrected chi connectivity index (χ0v) is 11.3. The number of carbonyl (C=O) groups excluding carboxylic acids is 1. The van der Waals surface area contributed by atoms with Gasteiger partial charge in [0.15, 0.2) is 0 Å². The number of halogens is 3. The van der Waals surface area contributed by atoms with Crippen LogP contribution in [0, 0.1) is 13.8 Å². The zero-order chi connectivity index (χ0) is 15.5. The van der Waals surface area contributed by atoms with Crippen LogP contribution in [0.1, 0.15) is 27.0 Å². The van der Waals surface area contributed by atoms with E-state index in [2.05, 4.69) is 8.92 Å². The summed E-state index contributed by atoms with van der Waals surface area (Å²) < 4.78 is 66.7. The third kappa shape index (κ3) is 4.29. The van der Waals surface area contributed by atoms with Gasteiger partial charge in [0.1, 0.15) is 0 Å². The maximum Gasteiger partial charge on any atom is 0.416 e. The lowest BCUT2D eigenvalue weighted by atomic mass is 9.99. The van der Waals surface area contributed by atoms with Gasteiger partial charge >= 0.3 is 12.1 Å². The minimum atomic E-state index is -4.51. The Kier molecular flexibility index (Phi) is 5.26. The van der Waals surface area contributed by atoms with E-state index in [0.717, 1.165) is 12.1 Å². The molecular weight excluding hydrogens is 301 g/mol. The molecule has 0 aliphatic carbocycles. The normalized spacial score (nSPS) is 13.1. The van der Waals surface area contributed by atoms with Crippen molar-refractivity contribution in [3.8, 4) is 0 Å². The number of rotatable bonds is 4. The van der Waals surface area contributed by atoms with Crippen molar-refractivity contribution in [2.45, 2.75) is 20.0 Å². The van der Waals surface area contributed by atoms with Gasteiger partial charge in [-0.2, -0.15) is 13.2 Å². The smallest absolute Gasteiger partial charge is 0.416 e. The van der Waals surface area contributed by atoms with Crippen molar-refractivity contribution >= 4 is 17.3 Å². The maximum absolute atomic E-state index is 12.7. The van der Waals surface area contributed by atoms with Gasteiger partial charge in [0, 0.05) is 0 Å². The third-order valence-corrected chi connectivity index (χ3v) is 2.67. The highest BCUT2D eigenvalue weighted by Crippen LogP contribution is 2.34. The van der Waals surface area contributed by atoms with Crippen molar-refractivity contribution in [3.05, 3.63) is 34.4 Å². The van der Waals surface area contributed by atoms with Crippen LogP contribution in [0.3, 0.4) is 0 Å². The highest BCUT2D eigenvalue weighted by molar-refractivity contribution is 7.74. The molecule has 0 fully saturated rings. The van der Waals surface area contributed by atoms with Crippen LogP contribution in [0.2, 0.25) is 0 Å². The summed E-state index contributed by atoms with van der Waals surface area (Å²) in [6.45, 7) is 1.60. The fourth-order valence-electron chi connectivity index (χ4n) is 1.73. The molecule has 0 amide bonds. The minimum absolute atomic E-state index is 0.117. The molecule has 5 nitrogen and oxygen atoms in total. The lowest BCUT2D eigenvalue weighted by molar-refractivity contribution is -0.138. The SMILES string of the molecule is Cc1cc(C(=O)OCOS(=O)[O-])cc(C)c1C(F)(F)F. The molecule has 1 atom stereocenters. The molecule has 0 saturated heterocycles. The molecule has 0 bridgehead atoms. The highest BCUT2D eigenvalue weighted by Gasteiger charge is 2.34. The van der Waals surface area contributed by atoms with Crippen LogP contribution in [0.25, 0.3) is 0 Å². The van der Waals surface area contributed by atoms with Gasteiger partial charge in [0.25, 0.3) is 0 Å². The Morgan fingerprint density at radius 3 is 2.20 bits per heavy atom. The first kappa shape index (κ1) is 16.6. The van der Waals surface area contributed by atoms with Crippen LogP contribution in [-0.4, -0.2) is 21.5 Å². The molecule has 20 heavy (non-hydrogen) atoms. The minimum Gasteiger partial charge on any atom is -0.750 e. The standard InChI is InChI=1S/C11H11F3O5S/c1-6-3-8(10(15)18-5-19-20(16)17)4-7(2)9(6)11(12,13)14/h3-4H,5H2,1-2H3,(H,16,17)/p-1. The van der Waals surface area contributed by atoms with E-state index >= 15 is 0 Å². The average molecular weight is 311 g/mol. The summed E-state index contributed by atoms with van der Waals surface area (Å²) in [5, 5.41) is 0. The fraction of sp³-hybridized carbons (Fsp3) is 0.364. The van der Waals surface area contributed by atoms with E-state index in [4.69, 9.17) is 0 Å². The number of ether oxygens (including phenoxy) is 1. The highest BCUT2D eigenvalue weighted by atomic mass is 32.2. The Morgan fingerprint density at radius 1 is 1.30 bits per heavy atom. The second-order valence-corrected chi connectivity index (χ2v) is 4.50. The predicted octanol–water partition coefficient (Wildman–Crippen LogP) is 2.25. The third-order valence-electron chi connectivity index (χ3n) is 2.39. The number of esters is 1. The Bertz CT molecular complexity index is 518. The molecule has 1 aromatic carbocycles. The number of aryl methyl sites for hydroxylation is 2. The Morgan fingerprint density at radius 2 is 1.80 bits per heavy atom. The maximum atomic E-state index is 12.7. The summed E-state index contributed by atoms with van der Waals surface area (Å²) in [5.74, 6) is -0.977. The summed E-state index contributed by atoms with van der Waals surface area (Å²) in [4.78, 5) is 11.5. The summed E-state index contributed by atoms with van der Waals surface area (Å²) in [6.07, 6.45) is -4.51. The molecule has 112 valence electrons. The van der Waals surface area contributed by atoms with Crippen molar-refractivity contribution in [2.75, 3.05) is 6.79 Å². The van der Waals surface area contributed by atoms with Crippen LogP contribution < -0.4 is 0 Å². The lowest BCUT2D eigenvalue weighted by Crippen LogP contribution is -2.14. The molecule has 0 heterocycles. The van der Waals surface area contributed by atoms with Gasteiger partial charge in [-0.05, 0) is 37.1 Å². The van der Waals surface area contributed by atoms with Crippen molar-refractivity contribution in [3.63, 3.8) is 0 Å². The van der Waals surface area contributed by atoms with E-state index in [-0.39, 0.29) is 16.7 Å². The Labute approximate surface area is 115 Å². The number of benzene rings is 1. The van der Waals surface area contributed by atoms with Gasteiger partial charge in [-0.1, -0.05) is 0 Å². The van der Waals surface area contributed by atoms with E-state index < -0.39 is 35.9 Å². The summed E-state index contributed by atoms with van der Waals surface area (Å²) in [7, 11) is 0. The quantitative estimate of drug-likeness (QED) is 0.484. The van der Waals surface area contributed by atoms with Gasteiger partial charge in [-0.25, -0.2) is 9.00 Å². The Balaban J connectivity index is 2.94. The van der Waals surface area contributed by atoms with Crippen LogP contribution in [0.4, 0.5) is 13.2 Å². The summed E-state index contributed by atoms with van der Waals surface area (Å²) in [5.41, 5.74) is -1.19. The van der Waals surface area contributed by atoms with Gasteiger partial charge in [-0.15, -0.1) is 0 Å². The van der Waals surface area contributed by atoms with Crippen LogP contribution >= 0.6 is 0 Å². The van der Waals surface area contributed by atoms with Gasteiger partial charge in [-0.3, -0.25) is 4.18 Å². The second kappa shape index (κ2) is 6.33. The second-order valence-electron chi connectivity index (χ2n) is 3.85. The van der Waals surface area contributed by atoms with Crippen LogP contribution in [-0.2, 0) is 26.5 Å². The molecule has 0 radical (unpaired) electrons. The number of alkyl halides is 3. The average Bonchev–Trinajstić information content (AvgIpc) is 2.25. The van der Waals surface area contributed by atoms with E-state index in [1.54, 1.807) is 0 Å². The molecule has 1 unspecified atom stereocenters. The zero-order valence-electron chi connectivity index (χ0n) is 10.4. The molecular formula is C11H10F3O5S-. The van der Waals surface area contributed by atoms with Crippen molar-refractivity contribution in [1.29, 1.82) is 0 Å². The number of hydrogen-bond acceptors (Lipinski definition) is 5. The number of carbonyl (C=O) groups is 1. The van der Waals surface area contributed by atoms with Crippen LogP contribution in [0.5, 0.6) is 0 Å². The van der Waals surface area contributed by atoms with Crippen molar-refractivity contribution in [2.24, 2.45) is 0 Å².